The average Bonchev–Trinajstić information content (AvgIpc) is 2.99. The Morgan fingerprint density at radius 3 is 2.95 bits per heavy atom. The number of fused-ring (bicyclic) bond motifs is 5. The molecule has 9 heteroatoms. The number of hydrogen-bond donors (Lipinski definition) is 2. The Morgan fingerprint density at radius 2 is 2.15 bits per heavy atom. The number of hydrazone groups is 1. The van der Waals surface area contributed by atoms with Crippen molar-refractivity contribution in [3.8, 4) is 24.3 Å². The fraction of sp³-hybridized carbons (Fsp3) is 0.300. The van der Waals surface area contributed by atoms with Gasteiger partial charge in [0.15, 0.2) is 5.75 Å². The van der Waals surface area contributed by atoms with Crippen molar-refractivity contribution >= 4 is 34.3 Å². The molecule has 1 aromatic heterocycles. The van der Waals surface area contributed by atoms with E-state index in [1.54, 1.807) is 6.33 Å². The van der Waals surface area contributed by atoms with Crippen molar-refractivity contribution in [1.82, 2.24) is 20.3 Å². The summed E-state index contributed by atoms with van der Waals surface area (Å²) in [6.07, 6.45) is 18.3. The molecule has 6 rings (SSSR count). The zero-order valence-electron chi connectivity index (χ0n) is 22.3. The molecule has 0 bridgehead atoms. The summed E-state index contributed by atoms with van der Waals surface area (Å²) in [5.41, 5.74) is 3.91. The second kappa shape index (κ2) is 11.9. The van der Waals surface area contributed by atoms with Gasteiger partial charge in [-0.2, -0.15) is 5.10 Å². The number of benzene rings is 2. The molecule has 39 heavy (non-hydrogen) atoms. The van der Waals surface area contributed by atoms with Crippen molar-refractivity contribution in [3.63, 3.8) is 0 Å². The largest absolute Gasteiger partial charge is 0.488 e. The fourth-order valence-electron chi connectivity index (χ4n) is 4.91. The van der Waals surface area contributed by atoms with Crippen molar-refractivity contribution < 1.29 is 9.47 Å². The number of nitrogens with zero attached hydrogens (tertiary/aromatic N) is 5. The van der Waals surface area contributed by atoms with Crippen LogP contribution in [0.5, 0.6) is 11.5 Å². The van der Waals surface area contributed by atoms with Crippen LogP contribution < -0.4 is 25.0 Å². The summed E-state index contributed by atoms with van der Waals surface area (Å²) in [5.74, 6) is 3.20. The summed E-state index contributed by atoms with van der Waals surface area (Å²) in [5, 5.41) is 14.1. The van der Waals surface area contributed by atoms with Crippen molar-refractivity contribution in [2.45, 2.75) is 26.3 Å². The first-order valence-electron chi connectivity index (χ1n) is 13.1. The van der Waals surface area contributed by atoms with E-state index in [2.05, 4.69) is 68.6 Å². The number of aryl methyl sites for hydroxylation is 1. The van der Waals surface area contributed by atoms with E-state index in [1.165, 1.54) is 0 Å². The first kappa shape index (κ1) is 26.1. The standard InChI is InChI=1S/C28H31N7O2.C2H2/c1-3-10-32-34-12-8-22(9-13-34)37-25-7-4-20(15-19(25)2)33-28-26-23(30-18-31-28)5-6-24-27(26)36-17-21-16-29-11-14-35(21)24;1-2/h4-10,12,15,18,21,29H,3,11,13-14,16-17H2,1-2H3,(H,30,31,33);1-2H/b32-10-;. The molecular weight excluding hydrogens is 490 g/mol. The van der Waals surface area contributed by atoms with Crippen LogP contribution in [-0.2, 0) is 0 Å². The lowest BCUT2D eigenvalue weighted by atomic mass is 10.1. The minimum absolute atomic E-state index is 0.344. The van der Waals surface area contributed by atoms with Crippen molar-refractivity contribution in [1.29, 1.82) is 0 Å². The second-order valence-corrected chi connectivity index (χ2v) is 9.35. The summed E-state index contributed by atoms with van der Waals surface area (Å²) >= 11 is 0. The van der Waals surface area contributed by atoms with Gasteiger partial charge in [0.2, 0.25) is 0 Å². The van der Waals surface area contributed by atoms with Crippen molar-refractivity contribution in [3.05, 3.63) is 66.3 Å². The van der Waals surface area contributed by atoms with Gasteiger partial charge < -0.3 is 25.0 Å². The van der Waals surface area contributed by atoms with Gasteiger partial charge in [-0.25, -0.2) is 9.97 Å². The minimum Gasteiger partial charge on any atom is -0.488 e. The van der Waals surface area contributed by atoms with E-state index >= 15 is 0 Å². The lowest BCUT2D eigenvalue weighted by molar-refractivity contribution is 0.250. The van der Waals surface area contributed by atoms with Gasteiger partial charge in [0.25, 0.3) is 0 Å². The first-order chi connectivity index (χ1) is 19.2. The number of aromatic nitrogens is 2. The Morgan fingerprint density at radius 1 is 1.26 bits per heavy atom. The van der Waals surface area contributed by atoms with E-state index in [-0.39, 0.29) is 0 Å². The maximum Gasteiger partial charge on any atom is 0.155 e. The molecule has 2 aromatic carbocycles. The molecular formula is C30H33N7O2. The Labute approximate surface area is 229 Å². The van der Waals surface area contributed by atoms with Crippen LogP contribution in [-0.4, -0.2) is 60.0 Å². The smallest absolute Gasteiger partial charge is 0.155 e. The van der Waals surface area contributed by atoms with E-state index in [1.807, 2.05) is 48.6 Å². The number of hydrogen-bond acceptors (Lipinski definition) is 9. The Bertz CT molecular complexity index is 1450. The van der Waals surface area contributed by atoms with Gasteiger partial charge in [-0.05, 0) is 61.4 Å². The number of piperazine rings is 1. The van der Waals surface area contributed by atoms with Gasteiger partial charge in [0, 0.05) is 37.7 Å². The zero-order chi connectivity index (χ0) is 27.2. The zero-order valence-corrected chi connectivity index (χ0v) is 22.3. The van der Waals surface area contributed by atoms with Crippen molar-refractivity contribution in [2.75, 3.05) is 43.0 Å². The Balaban J connectivity index is 0.00000151. The van der Waals surface area contributed by atoms with E-state index in [4.69, 9.17) is 9.47 Å². The molecule has 200 valence electrons. The molecule has 1 atom stereocenters. The van der Waals surface area contributed by atoms with Crippen LogP contribution in [0.3, 0.4) is 0 Å². The normalized spacial score (nSPS) is 17.9. The third kappa shape index (κ3) is 5.52. The Hall–Kier alpha value is -4.55. The molecule has 0 saturated carbocycles. The molecule has 3 aliphatic rings. The van der Waals surface area contributed by atoms with Gasteiger partial charge in [-0.3, -0.25) is 5.01 Å². The monoisotopic (exact) mass is 523 g/mol. The maximum atomic E-state index is 6.29. The van der Waals surface area contributed by atoms with Gasteiger partial charge >= 0.3 is 0 Å². The van der Waals surface area contributed by atoms with E-state index < -0.39 is 0 Å². The topological polar surface area (TPSA) is 87.1 Å². The van der Waals surface area contributed by atoms with Crippen LogP contribution in [0.25, 0.3) is 10.9 Å². The van der Waals surface area contributed by atoms with E-state index in [0.717, 1.165) is 77.0 Å². The molecule has 0 spiro atoms. The summed E-state index contributed by atoms with van der Waals surface area (Å²) in [6.45, 7) is 8.29. The molecule has 4 heterocycles. The molecule has 0 aliphatic carbocycles. The quantitative estimate of drug-likeness (QED) is 0.358. The predicted molar refractivity (Wildman–Crippen MR) is 157 cm³/mol. The highest BCUT2D eigenvalue weighted by Crippen LogP contribution is 2.43. The molecule has 0 radical (unpaired) electrons. The fourth-order valence-corrected chi connectivity index (χ4v) is 4.91. The number of anilines is 3. The Kier molecular flexibility index (Phi) is 7.94. The molecule has 1 unspecified atom stereocenters. The van der Waals surface area contributed by atoms with E-state index in [9.17, 15) is 0 Å². The predicted octanol–water partition coefficient (Wildman–Crippen LogP) is 4.59. The number of allylic oxidation sites excluding steroid dienone is 1. The van der Waals surface area contributed by atoms with Crippen LogP contribution in [0.4, 0.5) is 17.2 Å². The van der Waals surface area contributed by atoms with Gasteiger partial charge in [0.1, 0.15) is 30.3 Å². The molecule has 3 aromatic rings. The molecule has 0 amide bonds. The van der Waals surface area contributed by atoms with Crippen LogP contribution in [0.1, 0.15) is 18.9 Å². The highest BCUT2D eigenvalue weighted by atomic mass is 16.5. The number of rotatable bonds is 6. The molecule has 1 saturated heterocycles. The van der Waals surface area contributed by atoms with Gasteiger partial charge in [-0.15, -0.1) is 12.8 Å². The van der Waals surface area contributed by atoms with Gasteiger partial charge in [-0.1, -0.05) is 6.92 Å². The summed E-state index contributed by atoms with van der Waals surface area (Å²) < 4.78 is 12.4. The second-order valence-electron chi connectivity index (χ2n) is 9.35. The first-order valence-corrected chi connectivity index (χ1v) is 13.1. The number of ether oxygens (including phenoxy) is 2. The molecule has 9 nitrogen and oxygen atoms in total. The highest BCUT2D eigenvalue weighted by molar-refractivity contribution is 6.00. The van der Waals surface area contributed by atoms with Crippen LogP contribution in [0.2, 0.25) is 0 Å². The average molecular weight is 524 g/mol. The molecule has 1 fully saturated rings. The minimum atomic E-state index is 0.344. The van der Waals surface area contributed by atoms with Gasteiger partial charge in [0.05, 0.1) is 29.2 Å². The van der Waals surface area contributed by atoms with Crippen LogP contribution in [0.15, 0.2) is 65.9 Å². The van der Waals surface area contributed by atoms with E-state index in [0.29, 0.717) is 19.2 Å². The van der Waals surface area contributed by atoms with Crippen LogP contribution >= 0.6 is 0 Å². The molecule has 2 N–H and O–H groups in total. The van der Waals surface area contributed by atoms with Crippen LogP contribution in [0, 0.1) is 19.8 Å². The highest BCUT2D eigenvalue weighted by Gasteiger charge is 2.31. The SMILES string of the molecule is C#C.CC/C=N\N1C=CC(Oc2ccc(Nc3ncnc4ccc5c(c34)OCC3CNCCN53)cc2C)=CC1. The lowest BCUT2D eigenvalue weighted by Crippen LogP contribution is -2.55. The third-order valence-corrected chi connectivity index (χ3v) is 6.78. The maximum absolute atomic E-state index is 6.29. The third-order valence-electron chi connectivity index (χ3n) is 6.78. The lowest BCUT2D eigenvalue weighted by Gasteiger charge is -2.42. The van der Waals surface area contributed by atoms with Crippen molar-refractivity contribution in [2.24, 2.45) is 5.10 Å². The summed E-state index contributed by atoms with van der Waals surface area (Å²) in [6, 6.07) is 10.6. The molecule has 3 aliphatic heterocycles. The number of nitrogens with one attached hydrogen (secondary N) is 2. The summed E-state index contributed by atoms with van der Waals surface area (Å²) in [7, 11) is 0. The summed E-state index contributed by atoms with van der Waals surface area (Å²) in [4.78, 5) is 11.5. The number of terminal acetylenes is 1.